The first-order valence-corrected chi connectivity index (χ1v) is 8.22. The van der Waals surface area contributed by atoms with Crippen LogP contribution in [0, 0.1) is 3.01 Å². The molecule has 0 N–H and O–H groups in total. The van der Waals surface area contributed by atoms with Crippen molar-refractivity contribution in [2.45, 2.75) is 37.5 Å². The van der Waals surface area contributed by atoms with E-state index in [4.69, 9.17) is 0 Å². The van der Waals surface area contributed by atoms with Gasteiger partial charge in [-0.2, -0.15) is 4.37 Å². The Bertz CT molecular complexity index is 518. The SMILES string of the molecule is Ic1nc(C2(c3ccccc3)CCCCC2)ns1. The van der Waals surface area contributed by atoms with Gasteiger partial charge in [0.25, 0.3) is 0 Å². The molecule has 18 heavy (non-hydrogen) atoms. The lowest BCUT2D eigenvalue weighted by Crippen LogP contribution is -2.31. The summed E-state index contributed by atoms with van der Waals surface area (Å²) in [6.45, 7) is 0. The molecule has 0 spiro atoms. The van der Waals surface area contributed by atoms with E-state index in [0.29, 0.717) is 0 Å². The summed E-state index contributed by atoms with van der Waals surface area (Å²) < 4.78 is 5.66. The zero-order valence-electron chi connectivity index (χ0n) is 10.1. The Kier molecular flexibility index (Phi) is 3.66. The minimum absolute atomic E-state index is 0.0689. The Balaban J connectivity index is 2.09. The van der Waals surface area contributed by atoms with Crippen LogP contribution in [0.5, 0.6) is 0 Å². The molecule has 1 saturated carbocycles. The van der Waals surface area contributed by atoms with E-state index in [9.17, 15) is 0 Å². The Morgan fingerprint density at radius 2 is 1.78 bits per heavy atom. The maximum absolute atomic E-state index is 4.68. The normalized spacial score (nSPS) is 18.7. The molecule has 4 heteroatoms. The molecule has 1 fully saturated rings. The van der Waals surface area contributed by atoms with Crippen LogP contribution in [0.1, 0.15) is 43.5 Å². The molecule has 1 aromatic heterocycles. The first-order chi connectivity index (χ1) is 8.81. The summed E-state index contributed by atoms with van der Waals surface area (Å²) in [4.78, 5) is 4.68. The second kappa shape index (κ2) is 5.25. The fourth-order valence-corrected chi connectivity index (χ4v) is 3.98. The number of halogens is 1. The van der Waals surface area contributed by atoms with Gasteiger partial charge in [-0.3, -0.25) is 0 Å². The van der Waals surface area contributed by atoms with Gasteiger partial charge in [0.1, 0.15) is 0 Å². The summed E-state index contributed by atoms with van der Waals surface area (Å²) in [5, 5.41) is 0. The number of aromatic nitrogens is 2. The molecule has 0 aliphatic heterocycles. The third-order valence-corrected chi connectivity index (χ3v) is 5.20. The average molecular weight is 370 g/mol. The molecule has 3 rings (SSSR count). The number of rotatable bonds is 2. The van der Waals surface area contributed by atoms with E-state index in [1.807, 2.05) is 0 Å². The van der Waals surface area contributed by atoms with Crippen LogP contribution >= 0.6 is 34.1 Å². The van der Waals surface area contributed by atoms with Gasteiger partial charge in [-0.05, 0) is 52.5 Å². The summed E-state index contributed by atoms with van der Waals surface area (Å²) in [6, 6.07) is 10.8. The van der Waals surface area contributed by atoms with Crippen molar-refractivity contribution < 1.29 is 0 Å². The van der Waals surface area contributed by atoms with Gasteiger partial charge in [-0.25, -0.2) is 4.98 Å². The second-order valence-electron chi connectivity index (χ2n) is 4.88. The molecule has 1 aromatic carbocycles. The van der Waals surface area contributed by atoms with Gasteiger partial charge in [-0.15, -0.1) is 0 Å². The molecule has 1 heterocycles. The van der Waals surface area contributed by atoms with Crippen molar-refractivity contribution in [2.24, 2.45) is 0 Å². The lowest BCUT2D eigenvalue weighted by atomic mass is 9.69. The van der Waals surface area contributed by atoms with Crippen molar-refractivity contribution in [3.63, 3.8) is 0 Å². The Hall–Kier alpha value is -0.490. The zero-order valence-corrected chi connectivity index (χ0v) is 13.1. The van der Waals surface area contributed by atoms with E-state index in [-0.39, 0.29) is 5.41 Å². The summed E-state index contributed by atoms with van der Waals surface area (Å²) in [6.07, 6.45) is 6.28. The van der Waals surface area contributed by atoms with Gasteiger partial charge in [0.15, 0.2) is 8.84 Å². The fraction of sp³-hybridized carbons (Fsp3) is 0.429. The van der Waals surface area contributed by atoms with Gasteiger partial charge < -0.3 is 0 Å². The van der Waals surface area contributed by atoms with Crippen LogP contribution in [-0.2, 0) is 5.41 Å². The van der Waals surface area contributed by atoms with E-state index in [1.165, 1.54) is 49.2 Å². The third-order valence-electron chi connectivity index (χ3n) is 3.86. The molecular weight excluding hydrogens is 355 g/mol. The summed E-state index contributed by atoms with van der Waals surface area (Å²) in [5.41, 5.74) is 1.46. The molecule has 2 nitrogen and oxygen atoms in total. The molecule has 1 aliphatic rings. The van der Waals surface area contributed by atoms with Crippen LogP contribution < -0.4 is 0 Å². The quantitative estimate of drug-likeness (QED) is 0.733. The van der Waals surface area contributed by atoms with Crippen LogP contribution in [-0.4, -0.2) is 9.36 Å². The van der Waals surface area contributed by atoms with Gasteiger partial charge in [0.2, 0.25) is 0 Å². The molecule has 0 atom stereocenters. The van der Waals surface area contributed by atoms with Gasteiger partial charge in [0, 0.05) is 0 Å². The minimum atomic E-state index is 0.0689. The lowest BCUT2D eigenvalue weighted by Gasteiger charge is -2.35. The van der Waals surface area contributed by atoms with E-state index in [1.54, 1.807) is 0 Å². The molecule has 0 radical (unpaired) electrons. The molecule has 0 bridgehead atoms. The predicted octanol–water partition coefficient (Wildman–Crippen LogP) is 4.39. The minimum Gasteiger partial charge on any atom is -0.212 e. The molecule has 0 unspecified atom stereocenters. The first kappa shape index (κ1) is 12.5. The number of hydrogen-bond donors (Lipinski definition) is 0. The monoisotopic (exact) mass is 370 g/mol. The molecule has 0 amide bonds. The summed E-state index contributed by atoms with van der Waals surface area (Å²) in [5.74, 6) is 1.04. The zero-order chi connectivity index (χ0) is 12.4. The van der Waals surface area contributed by atoms with Crippen LogP contribution in [0.25, 0.3) is 0 Å². The van der Waals surface area contributed by atoms with Crippen molar-refractivity contribution in [1.82, 2.24) is 9.36 Å². The fourth-order valence-electron chi connectivity index (χ4n) is 2.95. The van der Waals surface area contributed by atoms with E-state index < -0.39 is 0 Å². The number of benzene rings is 1. The van der Waals surface area contributed by atoms with Crippen LogP contribution in [0.2, 0.25) is 0 Å². The highest BCUT2D eigenvalue weighted by atomic mass is 127. The average Bonchev–Trinajstić information content (AvgIpc) is 2.88. The highest BCUT2D eigenvalue weighted by Crippen LogP contribution is 2.43. The van der Waals surface area contributed by atoms with Crippen molar-refractivity contribution in [3.8, 4) is 0 Å². The van der Waals surface area contributed by atoms with Crippen molar-refractivity contribution in [2.75, 3.05) is 0 Å². The second-order valence-corrected chi connectivity index (χ2v) is 7.39. The summed E-state index contributed by atoms with van der Waals surface area (Å²) >= 11 is 3.78. The Morgan fingerprint density at radius 3 is 2.39 bits per heavy atom. The van der Waals surface area contributed by atoms with Crippen LogP contribution in [0.4, 0.5) is 0 Å². The molecule has 0 saturated heterocycles. The van der Waals surface area contributed by atoms with Crippen molar-refractivity contribution in [1.29, 1.82) is 0 Å². The largest absolute Gasteiger partial charge is 0.212 e. The maximum atomic E-state index is 4.68. The Labute approximate surface area is 125 Å². The molecule has 2 aromatic rings. The number of nitrogens with zero attached hydrogens (tertiary/aromatic N) is 2. The lowest BCUT2D eigenvalue weighted by molar-refractivity contribution is 0.333. The van der Waals surface area contributed by atoms with Crippen molar-refractivity contribution >= 4 is 34.1 Å². The predicted molar refractivity (Wildman–Crippen MR) is 82.9 cm³/mol. The summed E-state index contributed by atoms with van der Waals surface area (Å²) in [7, 11) is 0. The standard InChI is InChI=1S/C14H15IN2S/c15-13-16-12(17-18-13)14(9-5-2-6-10-14)11-7-3-1-4-8-11/h1,3-4,7-8H,2,5-6,9-10H2. The van der Waals surface area contributed by atoms with Crippen LogP contribution in [0.15, 0.2) is 30.3 Å². The van der Waals surface area contributed by atoms with Gasteiger partial charge in [-0.1, -0.05) is 49.6 Å². The molecular formula is C14H15IN2S. The number of hydrogen-bond acceptors (Lipinski definition) is 3. The first-order valence-electron chi connectivity index (χ1n) is 6.36. The van der Waals surface area contributed by atoms with E-state index >= 15 is 0 Å². The van der Waals surface area contributed by atoms with Crippen molar-refractivity contribution in [3.05, 3.63) is 44.7 Å². The topological polar surface area (TPSA) is 25.8 Å². The van der Waals surface area contributed by atoms with E-state index in [0.717, 1.165) is 8.84 Å². The maximum Gasteiger partial charge on any atom is 0.174 e. The van der Waals surface area contributed by atoms with Gasteiger partial charge >= 0.3 is 0 Å². The van der Waals surface area contributed by atoms with E-state index in [2.05, 4.69) is 62.3 Å². The highest BCUT2D eigenvalue weighted by molar-refractivity contribution is 14.1. The smallest absolute Gasteiger partial charge is 0.174 e. The Morgan fingerprint density at radius 1 is 1.06 bits per heavy atom. The highest BCUT2D eigenvalue weighted by Gasteiger charge is 2.39. The molecule has 94 valence electrons. The third kappa shape index (κ3) is 2.20. The molecule has 1 aliphatic carbocycles. The van der Waals surface area contributed by atoms with Gasteiger partial charge in [0.05, 0.1) is 5.41 Å². The van der Waals surface area contributed by atoms with Crippen LogP contribution in [0.3, 0.4) is 0 Å².